The standard InChI is InChI=1S/C44H29N3OS/c1-28-25-31(23-24-40(28)49-33-16-6-3-7-17-33)43-45-42(29-13-4-2-5-14-29)46-44(47-43)32-26-30-15-8-9-18-34(30)37(27-32)35-20-12-22-39-41(35)36-19-10-11-21-38(36)48-39/h2-27H,1H3. The SMILES string of the molecule is Cc1cc(-c2nc(-c3ccccc3)nc(-c3cc(-c4cccc5oc6ccccc6c45)c4ccccc4c3)n2)ccc1Sc1ccccc1. The lowest BCUT2D eigenvalue weighted by Crippen LogP contribution is -2.01. The van der Waals surface area contributed by atoms with Crippen molar-refractivity contribution in [1.82, 2.24) is 15.0 Å². The highest BCUT2D eigenvalue weighted by atomic mass is 32.2. The normalized spacial score (nSPS) is 11.4. The highest BCUT2D eigenvalue weighted by Gasteiger charge is 2.18. The lowest BCUT2D eigenvalue weighted by Gasteiger charge is -2.13. The van der Waals surface area contributed by atoms with Crippen LogP contribution >= 0.6 is 11.8 Å². The predicted octanol–water partition coefficient (Wildman–Crippen LogP) is 12.1. The van der Waals surface area contributed by atoms with Gasteiger partial charge < -0.3 is 4.42 Å². The molecule has 2 aromatic heterocycles. The second-order valence-corrected chi connectivity index (χ2v) is 13.2. The predicted molar refractivity (Wildman–Crippen MR) is 202 cm³/mol. The van der Waals surface area contributed by atoms with Gasteiger partial charge in [-0.1, -0.05) is 121 Å². The van der Waals surface area contributed by atoms with Gasteiger partial charge in [0.25, 0.3) is 0 Å². The number of furan rings is 1. The Hall–Kier alpha value is -6.04. The molecule has 5 heteroatoms. The van der Waals surface area contributed by atoms with Crippen LogP contribution in [0.15, 0.2) is 172 Å². The zero-order valence-corrected chi connectivity index (χ0v) is 27.5. The Balaban J connectivity index is 1.23. The first-order valence-corrected chi connectivity index (χ1v) is 17.1. The van der Waals surface area contributed by atoms with Gasteiger partial charge in [0.1, 0.15) is 11.2 Å². The molecule has 9 aromatic rings. The van der Waals surface area contributed by atoms with Gasteiger partial charge in [-0.3, -0.25) is 0 Å². The highest BCUT2D eigenvalue weighted by Crippen LogP contribution is 2.41. The summed E-state index contributed by atoms with van der Waals surface area (Å²) in [4.78, 5) is 17.7. The van der Waals surface area contributed by atoms with Gasteiger partial charge in [0.05, 0.1) is 0 Å². The second-order valence-electron chi connectivity index (χ2n) is 12.1. The average Bonchev–Trinajstić information content (AvgIpc) is 3.55. The minimum absolute atomic E-state index is 0.625. The van der Waals surface area contributed by atoms with Gasteiger partial charge in [-0.2, -0.15) is 0 Å². The summed E-state index contributed by atoms with van der Waals surface area (Å²) < 4.78 is 6.29. The van der Waals surface area contributed by atoms with Crippen LogP contribution in [-0.2, 0) is 0 Å². The fourth-order valence-corrected chi connectivity index (χ4v) is 7.43. The first-order chi connectivity index (χ1) is 24.2. The Morgan fingerprint density at radius 2 is 1.12 bits per heavy atom. The van der Waals surface area contributed by atoms with E-state index in [4.69, 9.17) is 19.4 Å². The van der Waals surface area contributed by atoms with E-state index in [0.717, 1.165) is 60.5 Å². The van der Waals surface area contributed by atoms with Crippen molar-refractivity contribution in [3.63, 3.8) is 0 Å². The maximum absolute atomic E-state index is 6.29. The summed E-state index contributed by atoms with van der Waals surface area (Å²) in [5.41, 5.74) is 7.94. The molecule has 0 bridgehead atoms. The molecule has 0 saturated carbocycles. The average molecular weight is 648 g/mol. The van der Waals surface area contributed by atoms with Crippen molar-refractivity contribution >= 4 is 44.5 Å². The number of fused-ring (bicyclic) bond motifs is 4. The third-order valence-electron chi connectivity index (χ3n) is 8.88. The minimum Gasteiger partial charge on any atom is -0.456 e. The summed E-state index contributed by atoms with van der Waals surface area (Å²) in [6.45, 7) is 2.14. The molecule has 0 aliphatic rings. The van der Waals surface area contributed by atoms with Crippen LogP contribution in [0.1, 0.15) is 5.56 Å². The van der Waals surface area contributed by atoms with Crippen LogP contribution in [0, 0.1) is 6.92 Å². The lowest BCUT2D eigenvalue weighted by molar-refractivity contribution is 0.669. The summed E-state index contributed by atoms with van der Waals surface area (Å²) in [5, 5.41) is 4.47. The van der Waals surface area contributed by atoms with Crippen LogP contribution < -0.4 is 0 Å². The van der Waals surface area contributed by atoms with Crippen molar-refractivity contribution in [1.29, 1.82) is 0 Å². The Kier molecular flexibility index (Phi) is 7.25. The second kappa shape index (κ2) is 12.2. The number of nitrogens with zero attached hydrogens (tertiary/aromatic N) is 3. The first kappa shape index (κ1) is 29.1. The van der Waals surface area contributed by atoms with Crippen LogP contribution in [0.4, 0.5) is 0 Å². The van der Waals surface area contributed by atoms with Crippen LogP contribution in [0.2, 0.25) is 0 Å². The first-order valence-electron chi connectivity index (χ1n) is 16.3. The maximum Gasteiger partial charge on any atom is 0.164 e. The number of hydrogen-bond donors (Lipinski definition) is 0. The van der Waals surface area contributed by atoms with Crippen molar-refractivity contribution in [3.8, 4) is 45.3 Å². The third-order valence-corrected chi connectivity index (χ3v) is 10.1. The van der Waals surface area contributed by atoms with E-state index < -0.39 is 0 Å². The Labute approximate surface area is 288 Å². The monoisotopic (exact) mass is 647 g/mol. The molecule has 0 aliphatic heterocycles. The van der Waals surface area contributed by atoms with Gasteiger partial charge in [0.15, 0.2) is 17.5 Å². The molecule has 9 rings (SSSR count). The van der Waals surface area contributed by atoms with E-state index in [1.807, 2.05) is 54.6 Å². The van der Waals surface area contributed by atoms with Gasteiger partial charge in [0, 0.05) is 37.3 Å². The smallest absolute Gasteiger partial charge is 0.164 e. The summed E-state index contributed by atoms with van der Waals surface area (Å²) in [6.07, 6.45) is 0. The number of hydrogen-bond acceptors (Lipinski definition) is 5. The molecule has 7 aromatic carbocycles. The molecule has 0 aliphatic carbocycles. The van der Waals surface area contributed by atoms with Gasteiger partial charge >= 0.3 is 0 Å². The van der Waals surface area contributed by atoms with E-state index in [-0.39, 0.29) is 0 Å². The van der Waals surface area contributed by atoms with Crippen LogP contribution in [-0.4, -0.2) is 15.0 Å². The number of aryl methyl sites for hydroxylation is 1. The van der Waals surface area contributed by atoms with Crippen molar-refractivity contribution < 1.29 is 4.42 Å². The molecule has 0 fully saturated rings. The lowest BCUT2D eigenvalue weighted by atomic mass is 9.92. The molecule has 232 valence electrons. The summed E-state index contributed by atoms with van der Waals surface area (Å²) in [6, 6.07) is 54.5. The van der Waals surface area contributed by atoms with E-state index >= 15 is 0 Å². The summed E-state index contributed by atoms with van der Waals surface area (Å²) in [5.74, 6) is 1.90. The molecule has 0 N–H and O–H groups in total. The molecule has 2 heterocycles. The molecule has 0 spiro atoms. The molecule has 49 heavy (non-hydrogen) atoms. The number of rotatable bonds is 6. The van der Waals surface area contributed by atoms with Crippen LogP contribution in [0.25, 0.3) is 78.0 Å². The topological polar surface area (TPSA) is 51.8 Å². The maximum atomic E-state index is 6.29. The molecule has 0 radical (unpaired) electrons. The molecule has 0 atom stereocenters. The van der Waals surface area contributed by atoms with Crippen molar-refractivity contribution in [2.45, 2.75) is 16.7 Å². The zero-order chi connectivity index (χ0) is 32.7. The Morgan fingerprint density at radius 1 is 0.469 bits per heavy atom. The molecule has 0 amide bonds. The number of aromatic nitrogens is 3. The quantitative estimate of drug-likeness (QED) is 0.180. The molecular weight excluding hydrogens is 619 g/mol. The van der Waals surface area contributed by atoms with Gasteiger partial charge in [0.2, 0.25) is 0 Å². The summed E-state index contributed by atoms with van der Waals surface area (Å²) >= 11 is 1.76. The molecule has 0 unspecified atom stereocenters. The third kappa shape index (κ3) is 5.44. The number of benzene rings is 7. The fraction of sp³-hybridized carbons (Fsp3) is 0.0227. The van der Waals surface area contributed by atoms with E-state index in [1.165, 1.54) is 15.4 Å². The Morgan fingerprint density at radius 3 is 1.92 bits per heavy atom. The van der Waals surface area contributed by atoms with Crippen LogP contribution in [0.5, 0.6) is 0 Å². The molecule has 4 nitrogen and oxygen atoms in total. The summed E-state index contributed by atoms with van der Waals surface area (Å²) in [7, 11) is 0. The van der Waals surface area contributed by atoms with E-state index in [1.54, 1.807) is 11.8 Å². The van der Waals surface area contributed by atoms with Gasteiger partial charge in [-0.25, -0.2) is 15.0 Å². The largest absolute Gasteiger partial charge is 0.456 e. The van der Waals surface area contributed by atoms with Crippen molar-refractivity contribution in [3.05, 3.63) is 163 Å². The molecular formula is C44H29N3OS. The number of para-hydroxylation sites is 1. The van der Waals surface area contributed by atoms with Crippen LogP contribution in [0.3, 0.4) is 0 Å². The van der Waals surface area contributed by atoms with Gasteiger partial charge in [-0.15, -0.1) is 0 Å². The van der Waals surface area contributed by atoms with E-state index in [0.29, 0.717) is 17.5 Å². The van der Waals surface area contributed by atoms with E-state index in [2.05, 4.69) is 110 Å². The van der Waals surface area contributed by atoms with E-state index in [9.17, 15) is 0 Å². The zero-order valence-electron chi connectivity index (χ0n) is 26.7. The van der Waals surface area contributed by atoms with Gasteiger partial charge in [-0.05, 0) is 82.9 Å². The van der Waals surface area contributed by atoms with Crippen molar-refractivity contribution in [2.75, 3.05) is 0 Å². The molecule has 0 saturated heterocycles. The Bertz CT molecular complexity index is 2650. The fourth-order valence-electron chi connectivity index (χ4n) is 6.53. The van der Waals surface area contributed by atoms with Crippen molar-refractivity contribution in [2.24, 2.45) is 0 Å². The highest BCUT2D eigenvalue weighted by molar-refractivity contribution is 7.99. The minimum atomic E-state index is 0.625.